The number of thioether (sulfide) groups is 1. The van der Waals surface area contributed by atoms with Crippen molar-refractivity contribution in [3.63, 3.8) is 0 Å². The fraction of sp³-hybridized carbons (Fsp3) is 0.105. The van der Waals surface area contributed by atoms with E-state index >= 15 is 0 Å². The number of oxazole rings is 1. The summed E-state index contributed by atoms with van der Waals surface area (Å²) in [5, 5.41) is 21.0. The van der Waals surface area contributed by atoms with Crippen LogP contribution in [0.4, 0.5) is 0 Å². The Bertz CT molecular complexity index is 1240. The van der Waals surface area contributed by atoms with Gasteiger partial charge in [-0.15, -0.1) is 0 Å². The minimum absolute atomic E-state index is 0.0822. The summed E-state index contributed by atoms with van der Waals surface area (Å²) in [5.74, 6) is 0.467. The Kier molecular flexibility index (Phi) is 4.52. The van der Waals surface area contributed by atoms with Crippen LogP contribution in [-0.2, 0) is 7.05 Å². The predicted molar refractivity (Wildman–Crippen MR) is 106 cm³/mol. The molecule has 1 N–H and O–H groups in total. The third-order valence-corrected chi connectivity index (χ3v) is 5.15. The quantitative estimate of drug-likeness (QED) is 0.298. The number of aliphatic hydroxyl groups excluding tert-OH is 1. The van der Waals surface area contributed by atoms with Crippen LogP contribution in [0.15, 0.2) is 57.9 Å². The van der Waals surface area contributed by atoms with Gasteiger partial charge in [-0.2, -0.15) is 5.26 Å². The third-order valence-electron chi connectivity index (χ3n) is 4.07. The van der Waals surface area contributed by atoms with Crippen LogP contribution in [0.2, 0.25) is 5.02 Å². The van der Waals surface area contributed by atoms with Crippen molar-refractivity contribution in [3.8, 4) is 6.07 Å². The average Bonchev–Trinajstić information content (AvgIpc) is 3.22. The number of para-hydroxylation sites is 2. The number of rotatable bonds is 4. The number of aromatic nitrogens is 3. The monoisotopic (exact) mass is 396 g/mol. The SMILES string of the molecule is Cn1c(/C(C#N)=C(/O)CSc2nc3ccc(Cl)cc3o2)nc2ccccc21. The Morgan fingerprint density at radius 2 is 2.07 bits per heavy atom. The van der Waals surface area contributed by atoms with Crippen LogP contribution >= 0.6 is 23.4 Å². The lowest BCUT2D eigenvalue weighted by Crippen LogP contribution is -2.00. The molecule has 4 aromatic rings. The third kappa shape index (κ3) is 3.25. The van der Waals surface area contributed by atoms with Crippen molar-refractivity contribution in [2.75, 3.05) is 5.75 Å². The van der Waals surface area contributed by atoms with Gasteiger partial charge in [-0.1, -0.05) is 35.5 Å². The topological polar surface area (TPSA) is 87.9 Å². The van der Waals surface area contributed by atoms with Gasteiger partial charge in [0, 0.05) is 18.1 Å². The van der Waals surface area contributed by atoms with E-state index in [4.69, 9.17) is 16.0 Å². The average molecular weight is 397 g/mol. The molecule has 27 heavy (non-hydrogen) atoms. The molecule has 0 atom stereocenters. The van der Waals surface area contributed by atoms with E-state index in [1.165, 1.54) is 11.8 Å². The molecule has 0 spiro atoms. The molecular formula is C19H13ClN4O2S. The molecule has 0 aliphatic rings. The van der Waals surface area contributed by atoms with Gasteiger partial charge in [0.25, 0.3) is 5.22 Å². The maximum absolute atomic E-state index is 10.5. The van der Waals surface area contributed by atoms with E-state index in [0.29, 0.717) is 27.2 Å². The highest BCUT2D eigenvalue weighted by Crippen LogP contribution is 2.28. The van der Waals surface area contributed by atoms with Gasteiger partial charge in [0.1, 0.15) is 22.9 Å². The molecule has 8 heteroatoms. The Balaban J connectivity index is 1.63. The number of hydrogen-bond acceptors (Lipinski definition) is 6. The Labute approximate surface area is 163 Å². The van der Waals surface area contributed by atoms with Gasteiger partial charge >= 0.3 is 0 Å². The molecule has 0 radical (unpaired) electrons. The molecule has 0 amide bonds. The van der Waals surface area contributed by atoms with Crippen LogP contribution in [0.25, 0.3) is 27.7 Å². The lowest BCUT2D eigenvalue weighted by Gasteiger charge is -2.04. The normalized spacial score (nSPS) is 12.3. The van der Waals surface area contributed by atoms with Gasteiger partial charge in [0.05, 0.1) is 16.8 Å². The number of imidazole rings is 1. The first kappa shape index (κ1) is 17.5. The maximum Gasteiger partial charge on any atom is 0.257 e. The summed E-state index contributed by atoms with van der Waals surface area (Å²) >= 11 is 7.14. The number of nitrogens with zero attached hydrogens (tertiary/aromatic N) is 4. The summed E-state index contributed by atoms with van der Waals surface area (Å²) < 4.78 is 7.41. The number of halogens is 1. The summed E-state index contributed by atoms with van der Waals surface area (Å²) in [7, 11) is 1.81. The largest absolute Gasteiger partial charge is 0.510 e. The van der Waals surface area contributed by atoms with E-state index in [1.54, 1.807) is 22.8 Å². The number of aryl methyl sites for hydroxylation is 1. The molecule has 134 valence electrons. The van der Waals surface area contributed by atoms with Gasteiger partial charge in [-0.05, 0) is 24.3 Å². The Morgan fingerprint density at radius 3 is 2.85 bits per heavy atom. The minimum Gasteiger partial charge on any atom is -0.510 e. The van der Waals surface area contributed by atoms with Crippen molar-refractivity contribution < 1.29 is 9.52 Å². The van der Waals surface area contributed by atoms with E-state index in [1.807, 2.05) is 31.3 Å². The molecule has 0 bridgehead atoms. The van der Waals surface area contributed by atoms with Gasteiger partial charge in [-0.25, -0.2) is 9.97 Å². The second-order valence-electron chi connectivity index (χ2n) is 5.80. The lowest BCUT2D eigenvalue weighted by molar-refractivity contribution is 0.419. The smallest absolute Gasteiger partial charge is 0.257 e. The van der Waals surface area contributed by atoms with Crippen LogP contribution in [0.3, 0.4) is 0 Å². The number of hydrogen-bond donors (Lipinski definition) is 1. The first-order valence-electron chi connectivity index (χ1n) is 8.00. The van der Waals surface area contributed by atoms with Crippen molar-refractivity contribution in [3.05, 3.63) is 59.1 Å². The molecule has 2 heterocycles. The zero-order chi connectivity index (χ0) is 19.0. The molecule has 0 aliphatic carbocycles. The summed E-state index contributed by atoms with van der Waals surface area (Å²) in [6, 6.07) is 14.8. The van der Waals surface area contributed by atoms with E-state index in [2.05, 4.69) is 16.0 Å². The number of allylic oxidation sites excluding steroid dienone is 1. The lowest BCUT2D eigenvalue weighted by atomic mass is 10.2. The number of benzene rings is 2. The molecule has 2 aromatic carbocycles. The molecule has 0 unspecified atom stereocenters. The Hall–Kier alpha value is -2.95. The van der Waals surface area contributed by atoms with Crippen LogP contribution in [0.5, 0.6) is 0 Å². The molecular weight excluding hydrogens is 384 g/mol. The van der Waals surface area contributed by atoms with Crippen molar-refractivity contribution in [2.45, 2.75) is 5.22 Å². The number of nitriles is 1. The number of aliphatic hydroxyl groups is 1. The molecule has 6 nitrogen and oxygen atoms in total. The van der Waals surface area contributed by atoms with Gasteiger partial charge in [0.15, 0.2) is 11.4 Å². The van der Waals surface area contributed by atoms with E-state index in [9.17, 15) is 10.4 Å². The molecule has 4 rings (SSSR count). The number of fused-ring (bicyclic) bond motifs is 2. The van der Waals surface area contributed by atoms with E-state index in [0.717, 1.165) is 11.0 Å². The fourth-order valence-corrected chi connectivity index (χ4v) is 3.63. The Morgan fingerprint density at radius 1 is 1.26 bits per heavy atom. The summed E-state index contributed by atoms with van der Waals surface area (Å²) in [6.07, 6.45) is 0. The first-order chi connectivity index (χ1) is 13.1. The van der Waals surface area contributed by atoms with Gasteiger partial charge < -0.3 is 14.1 Å². The molecule has 0 saturated carbocycles. The van der Waals surface area contributed by atoms with E-state index in [-0.39, 0.29) is 17.1 Å². The standard InChI is InChI=1S/C19H13ClN4O2S/c1-24-15-5-3-2-4-13(15)22-18(24)12(9-21)16(25)10-27-19-23-14-7-6-11(20)8-17(14)26-19/h2-8,25H,10H2,1H3/b16-12+. The highest BCUT2D eigenvalue weighted by Gasteiger charge is 2.17. The van der Waals surface area contributed by atoms with E-state index < -0.39 is 0 Å². The first-order valence-corrected chi connectivity index (χ1v) is 9.36. The van der Waals surface area contributed by atoms with Crippen molar-refractivity contribution >= 4 is 51.1 Å². The van der Waals surface area contributed by atoms with Crippen molar-refractivity contribution in [1.29, 1.82) is 5.26 Å². The minimum atomic E-state index is -0.0822. The zero-order valence-corrected chi connectivity index (χ0v) is 15.8. The van der Waals surface area contributed by atoms with Crippen LogP contribution in [0, 0.1) is 11.3 Å². The molecule has 0 aliphatic heterocycles. The second kappa shape index (κ2) is 6.99. The molecule has 0 fully saturated rings. The summed E-state index contributed by atoms with van der Waals surface area (Å²) in [4.78, 5) is 8.80. The highest BCUT2D eigenvalue weighted by molar-refractivity contribution is 7.99. The van der Waals surface area contributed by atoms with Crippen molar-refractivity contribution in [1.82, 2.24) is 14.5 Å². The van der Waals surface area contributed by atoms with Crippen LogP contribution < -0.4 is 0 Å². The highest BCUT2D eigenvalue weighted by atomic mass is 35.5. The second-order valence-corrected chi connectivity index (χ2v) is 7.16. The predicted octanol–water partition coefficient (Wildman–Crippen LogP) is 4.95. The summed E-state index contributed by atoms with van der Waals surface area (Å²) in [6.45, 7) is 0. The van der Waals surface area contributed by atoms with Crippen LogP contribution in [-0.4, -0.2) is 25.4 Å². The molecule has 0 saturated heterocycles. The maximum atomic E-state index is 10.5. The van der Waals surface area contributed by atoms with Crippen LogP contribution in [0.1, 0.15) is 5.82 Å². The zero-order valence-electron chi connectivity index (χ0n) is 14.2. The molecule has 2 aromatic heterocycles. The summed E-state index contributed by atoms with van der Waals surface area (Å²) in [5.41, 5.74) is 3.03. The fourth-order valence-electron chi connectivity index (χ4n) is 2.75. The van der Waals surface area contributed by atoms with Gasteiger partial charge in [0.2, 0.25) is 0 Å². The van der Waals surface area contributed by atoms with Crippen molar-refractivity contribution in [2.24, 2.45) is 7.05 Å². The van der Waals surface area contributed by atoms with Gasteiger partial charge in [-0.3, -0.25) is 0 Å².